The van der Waals surface area contributed by atoms with Crippen molar-refractivity contribution in [3.8, 4) is 0 Å². The molecule has 8 nitrogen and oxygen atoms in total. The Kier molecular flexibility index (Phi) is 10.8. The maximum atomic E-state index is 11.1. The van der Waals surface area contributed by atoms with E-state index in [1.807, 2.05) is 13.1 Å². The molecule has 0 aromatic carbocycles. The minimum Gasteiger partial charge on any atom is -0.481 e. The van der Waals surface area contributed by atoms with Crippen LogP contribution in [0.5, 0.6) is 0 Å². The highest BCUT2D eigenvalue weighted by atomic mass is 16.4. The summed E-state index contributed by atoms with van der Waals surface area (Å²) in [6.45, 7) is 6.80. The fraction of sp³-hybridized carbons (Fsp3) is 0.923. The Balaban J connectivity index is 1.38. The SMILES string of the molecule is CCNCC(O)(CCCCCC1CCC(C2NC(C)C(O)CC2N2CC=NC2)CC1)CC(=O)O. The highest BCUT2D eigenvalue weighted by Gasteiger charge is 2.42. The van der Waals surface area contributed by atoms with E-state index in [2.05, 4.69) is 27.4 Å². The van der Waals surface area contributed by atoms with Crippen molar-refractivity contribution in [2.75, 3.05) is 26.3 Å². The van der Waals surface area contributed by atoms with Gasteiger partial charge in [-0.2, -0.15) is 0 Å². The molecule has 1 saturated heterocycles. The highest BCUT2D eigenvalue weighted by molar-refractivity contribution is 5.68. The molecule has 196 valence electrons. The Labute approximate surface area is 205 Å². The molecule has 2 fully saturated rings. The summed E-state index contributed by atoms with van der Waals surface area (Å²) in [5, 5.41) is 37.1. The monoisotopic (exact) mass is 480 g/mol. The average molecular weight is 481 g/mol. The number of unbranched alkanes of at least 4 members (excludes halogenated alkanes) is 2. The smallest absolute Gasteiger partial charge is 0.306 e. The van der Waals surface area contributed by atoms with E-state index < -0.39 is 11.6 Å². The lowest BCUT2D eigenvalue weighted by Crippen LogP contribution is -2.63. The molecule has 0 amide bonds. The number of piperidine rings is 1. The van der Waals surface area contributed by atoms with E-state index in [0.717, 1.165) is 51.4 Å². The Bertz CT molecular complexity index is 647. The predicted molar refractivity (Wildman–Crippen MR) is 135 cm³/mol. The summed E-state index contributed by atoms with van der Waals surface area (Å²) >= 11 is 0. The molecule has 0 spiro atoms. The first-order chi connectivity index (χ1) is 16.3. The lowest BCUT2D eigenvalue weighted by molar-refractivity contribution is -0.142. The normalized spacial score (nSPS) is 34.2. The fourth-order valence-corrected chi connectivity index (χ4v) is 6.35. The van der Waals surface area contributed by atoms with Gasteiger partial charge < -0.3 is 26.0 Å². The number of aliphatic imine (C=N–C) groups is 1. The Morgan fingerprint density at radius 2 is 2.00 bits per heavy atom. The molecule has 34 heavy (non-hydrogen) atoms. The summed E-state index contributed by atoms with van der Waals surface area (Å²) in [6.07, 6.45) is 12.2. The van der Waals surface area contributed by atoms with Crippen molar-refractivity contribution in [3.05, 3.63) is 0 Å². The lowest BCUT2D eigenvalue weighted by Gasteiger charge is -2.47. The third kappa shape index (κ3) is 7.98. The molecule has 0 radical (unpaired) electrons. The molecule has 1 aliphatic carbocycles. The van der Waals surface area contributed by atoms with Gasteiger partial charge >= 0.3 is 5.97 Å². The second-order valence-electron chi connectivity index (χ2n) is 11.1. The summed E-state index contributed by atoms with van der Waals surface area (Å²) in [5.74, 6) is 0.498. The van der Waals surface area contributed by atoms with E-state index in [4.69, 9.17) is 5.11 Å². The van der Waals surface area contributed by atoms with Crippen LogP contribution in [0.25, 0.3) is 0 Å². The van der Waals surface area contributed by atoms with E-state index in [1.165, 1.54) is 32.1 Å². The molecule has 0 aromatic rings. The zero-order valence-electron chi connectivity index (χ0n) is 21.3. The van der Waals surface area contributed by atoms with Crippen LogP contribution in [0.3, 0.4) is 0 Å². The van der Waals surface area contributed by atoms with Gasteiger partial charge in [0.05, 0.1) is 24.8 Å². The van der Waals surface area contributed by atoms with Gasteiger partial charge in [0.25, 0.3) is 0 Å². The van der Waals surface area contributed by atoms with Gasteiger partial charge in [-0.25, -0.2) is 0 Å². The first-order valence-corrected chi connectivity index (χ1v) is 13.6. The third-order valence-electron chi connectivity index (χ3n) is 8.45. The van der Waals surface area contributed by atoms with Gasteiger partial charge in [-0.3, -0.25) is 14.7 Å². The number of likely N-dealkylation sites (N-methyl/N-ethyl adjacent to an activating group) is 1. The molecule has 5 N–H and O–H groups in total. The molecule has 0 bridgehead atoms. The number of carboxylic acid groups (broad SMARTS) is 1. The van der Waals surface area contributed by atoms with E-state index in [9.17, 15) is 15.0 Å². The van der Waals surface area contributed by atoms with Gasteiger partial charge in [-0.1, -0.05) is 45.4 Å². The van der Waals surface area contributed by atoms with E-state index in [0.29, 0.717) is 31.0 Å². The van der Waals surface area contributed by atoms with Crippen molar-refractivity contribution < 1.29 is 20.1 Å². The fourth-order valence-electron chi connectivity index (χ4n) is 6.35. The average Bonchev–Trinajstić information content (AvgIpc) is 3.34. The summed E-state index contributed by atoms with van der Waals surface area (Å²) in [5.41, 5.74) is -1.14. The van der Waals surface area contributed by atoms with Gasteiger partial charge in [-0.05, 0) is 51.0 Å². The quantitative estimate of drug-likeness (QED) is 0.257. The van der Waals surface area contributed by atoms with Gasteiger partial charge in [0, 0.05) is 37.4 Å². The molecule has 5 atom stereocenters. The van der Waals surface area contributed by atoms with Crippen molar-refractivity contribution in [2.45, 2.75) is 114 Å². The number of aliphatic hydroxyl groups excluding tert-OH is 1. The number of aliphatic hydroxyl groups is 2. The zero-order chi connectivity index (χ0) is 24.6. The molecule has 8 heteroatoms. The van der Waals surface area contributed by atoms with Crippen molar-refractivity contribution in [1.29, 1.82) is 0 Å². The summed E-state index contributed by atoms with van der Waals surface area (Å²) in [7, 11) is 0. The second-order valence-corrected chi connectivity index (χ2v) is 11.1. The maximum Gasteiger partial charge on any atom is 0.306 e. The van der Waals surface area contributed by atoms with Crippen LogP contribution in [0.1, 0.15) is 84.5 Å². The van der Waals surface area contributed by atoms with Gasteiger partial charge in [0.1, 0.15) is 0 Å². The first-order valence-electron chi connectivity index (χ1n) is 13.6. The second kappa shape index (κ2) is 13.3. The molecule has 1 saturated carbocycles. The number of carbonyl (C=O) groups is 1. The number of carboxylic acids is 1. The maximum absolute atomic E-state index is 11.1. The predicted octanol–water partition coefficient (Wildman–Crippen LogP) is 2.38. The summed E-state index contributed by atoms with van der Waals surface area (Å²) in [6, 6.07) is 0.946. The summed E-state index contributed by atoms with van der Waals surface area (Å²) in [4.78, 5) is 18.0. The Morgan fingerprint density at radius 3 is 2.65 bits per heavy atom. The zero-order valence-corrected chi connectivity index (χ0v) is 21.3. The van der Waals surface area contributed by atoms with Gasteiger partial charge in [0.2, 0.25) is 0 Å². The summed E-state index contributed by atoms with van der Waals surface area (Å²) < 4.78 is 0. The Morgan fingerprint density at radius 1 is 1.24 bits per heavy atom. The van der Waals surface area contributed by atoms with E-state index in [1.54, 1.807) is 0 Å². The topological polar surface area (TPSA) is 117 Å². The van der Waals surface area contributed by atoms with Crippen LogP contribution in [-0.2, 0) is 4.79 Å². The standard InChI is InChI=1S/C26H48N4O4/c1-3-27-17-26(34,16-24(32)33)12-6-4-5-7-20-8-10-21(11-9-20)25-22(30-14-13-28-18-30)15-23(31)19(2)29-25/h13,19-23,25,27,29,31,34H,3-12,14-18H2,1-2H3,(H,32,33). The lowest BCUT2D eigenvalue weighted by atomic mass is 9.72. The molecular formula is C26H48N4O4. The molecular weight excluding hydrogens is 432 g/mol. The number of nitrogens with one attached hydrogen (secondary N) is 2. The third-order valence-corrected chi connectivity index (χ3v) is 8.45. The molecule has 2 heterocycles. The van der Waals surface area contributed by atoms with Gasteiger partial charge in [0.15, 0.2) is 0 Å². The number of nitrogens with zero attached hydrogens (tertiary/aromatic N) is 2. The largest absolute Gasteiger partial charge is 0.481 e. The van der Waals surface area contributed by atoms with Crippen LogP contribution in [0.2, 0.25) is 0 Å². The van der Waals surface area contributed by atoms with Crippen molar-refractivity contribution in [1.82, 2.24) is 15.5 Å². The molecule has 3 aliphatic rings. The van der Waals surface area contributed by atoms with E-state index in [-0.39, 0.29) is 18.6 Å². The van der Waals surface area contributed by atoms with Crippen molar-refractivity contribution in [2.24, 2.45) is 16.8 Å². The number of hydrogen-bond acceptors (Lipinski definition) is 7. The molecule has 2 aliphatic heterocycles. The van der Waals surface area contributed by atoms with Crippen LogP contribution < -0.4 is 10.6 Å². The van der Waals surface area contributed by atoms with Crippen molar-refractivity contribution in [3.63, 3.8) is 0 Å². The number of aliphatic carboxylic acids is 1. The molecule has 3 rings (SSSR count). The first kappa shape index (κ1) is 27.5. The van der Waals surface area contributed by atoms with Crippen LogP contribution in [0.4, 0.5) is 0 Å². The molecule has 0 aromatic heterocycles. The minimum atomic E-state index is -1.14. The number of rotatable bonds is 13. The number of hydrogen-bond donors (Lipinski definition) is 5. The van der Waals surface area contributed by atoms with Crippen LogP contribution in [0.15, 0.2) is 4.99 Å². The Hall–Kier alpha value is -1.06. The molecule has 5 unspecified atom stereocenters. The van der Waals surface area contributed by atoms with Crippen LogP contribution in [-0.4, -0.2) is 88.5 Å². The minimum absolute atomic E-state index is 0.148. The highest BCUT2D eigenvalue weighted by Crippen LogP contribution is 2.37. The van der Waals surface area contributed by atoms with Gasteiger partial charge in [-0.15, -0.1) is 0 Å². The van der Waals surface area contributed by atoms with Crippen LogP contribution >= 0.6 is 0 Å². The van der Waals surface area contributed by atoms with Crippen LogP contribution in [0, 0.1) is 11.8 Å². The van der Waals surface area contributed by atoms with Crippen molar-refractivity contribution >= 4 is 12.2 Å². The van der Waals surface area contributed by atoms with E-state index >= 15 is 0 Å².